The van der Waals surface area contributed by atoms with Crippen LogP contribution in [0.2, 0.25) is 0 Å². The lowest BCUT2D eigenvalue weighted by atomic mass is 9.79. The number of nitrogens with one attached hydrogen (secondary N) is 1. The van der Waals surface area contributed by atoms with Gasteiger partial charge in [0, 0.05) is 29.2 Å². The molecular weight excluding hydrogens is 392 g/mol. The SMILES string of the molecule is COC(=O)[C@@H]1C=C2c3cccc4[nH]c(C(=O)C5CCSS5)c(c34)C[C@H]2N(C)C1. The van der Waals surface area contributed by atoms with Gasteiger partial charge in [0.2, 0.25) is 0 Å². The van der Waals surface area contributed by atoms with E-state index in [1.54, 1.807) is 21.6 Å². The van der Waals surface area contributed by atoms with Crippen LogP contribution in [0.15, 0.2) is 24.3 Å². The molecule has 5 rings (SSSR count). The monoisotopic (exact) mass is 414 g/mol. The summed E-state index contributed by atoms with van der Waals surface area (Å²) in [5.74, 6) is 0.807. The van der Waals surface area contributed by atoms with Gasteiger partial charge in [0.25, 0.3) is 0 Å². The highest BCUT2D eigenvalue weighted by Gasteiger charge is 2.38. The first-order valence-corrected chi connectivity index (χ1v) is 11.9. The zero-order valence-electron chi connectivity index (χ0n) is 15.9. The van der Waals surface area contributed by atoms with Crippen molar-refractivity contribution in [2.45, 2.75) is 24.1 Å². The van der Waals surface area contributed by atoms with Crippen LogP contribution in [0, 0.1) is 5.92 Å². The number of likely N-dealkylation sites (N-methyl/N-ethyl adjacent to an activating group) is 1. The van der Waals surface area contributed by atoms with Crippen molar-refractivity contribution in [1.29, 1.82) is 0 Å². The third-order valence-corrected chi connectivity index (χ3v) is 8.91. The smallest absolute Gasteiger partial charge is 0.313 e. The van der Waals surface area contributed by atoms with Crippen molar-refractivity contribution in [2.24, 2.45) is 5.92 Å². The van der Waals surface area contributed by atoms with Gasteiger partial charge in [0.15, 0.2) is 5.78 Å². The first-order valence-electron chi connectivity index (χ1n) is 9.54. The van der Waals surface area contributed by atoms with E-state index in [0.717, 1.165) is 46.3 Å². The summed E-state index contributed by atoms with van der Waals surface area (Å²) in [6.07, 6.45) is 3.80. The summed E-state index contributed by atoms with van der Waals surface area (Å²) in [6.45, 7) is 0.634. The molecule has 1 aliphatic carbocycles. The minimum absolute atomic E-state index is 0.0440. The Kier molecular flexibility index (Phi) is 4.56. The van der Waals surface area contributed by atoms with Crippen molar-refractivity contribution in [2.75, 3.05) is 26.5 Å². The Labute approximate surface area is 171 Å². The van der Waals surface area contributed by atoms with Gasteiger partial charge in [0.1, 0.15) is 0 Å². The third kappa shape index (κ3) is 2.75. The van der Waals surface area contributed by atoms with Crippen LogP contribution in [0.4, 0.5) is 0 Å². The summed E-state index contributed by atoms with van der Waals surface area (Å²) in [7, 11) is 6.98. The van der Waals surface area contributed by atoms with Gasteiger partial charge in [-0.1, -0.05) is 39.8 Å². The van der Waals surface area contributed by atoms with Crippen molar-refractivity contribution in [3.63, 3.8) is 0 Å². The summed E-state index contributed by atoms with van der Waals surface area (Å²) in [6, 6.07) is 6.35. The number of fused-ring (bicyclic) bond motifs is 2. The molecule has 3 aliphatic rings. The molecule has 2 aromatic rings. The van der Waals surface area contributed by atoms with Crippen LogP contribution in [-0.4, -0.2) is 59.4 Å². The molecule has 3 atom stereocenters. The van der Waals surface area contributed by atoms with Crippen molar-refractivity contribution < 1.29 is 14.3 Å². The van der Waals surface area contributed by atoms with Gasteiger partial charge in [-0.3, -0.25) is 14.5 Å². The number of carbonyl (C=O) groups is 2. The Morgan fingerprint density at radius 2 is 2.18 bits per heavy atom. The fraction of sp³-hybridized carbons (Fsp3) is 0.429. The molecule has 1 N–H and O–H groups in total. The number of esters is 1. The van der Waals surface area contributed by atoms with Gasteiger partial charge >= 0.3 is 5.97 Å². The first-order chi connectivity index (χ1) is 13.6. The molecule has 1 saturated heterocycles. The maximum atomic E-state index is 13.2. The maximum Gasteiger partial charge on any atom is 0.313 e. The van der Waals surface area contributed by atoms with Gasteiger partial charge < -0.3 is 9.72 Å². The topological polar surface area (TPSA) is 62.4 Å². The number of H-pyrrole nitrogens is 1. The number of hydrogen-bond acceptors (Lipinski definition) is 6. The Hall–Kier alpha value is -1.70. The second-order valence-electron chi connectivity index (χ2n) is 7.68. The van der Waals surface area contributed by atoms with Crippen LogP contribution in [0.25, 0.3) is 16.5 Å². The van der Waals surface area contributed by atoms with Crippen LogP contribution in [0.3, 0.4) is 0 Å². The van der Waals surface area contributed by atoms with Crippen LogP contribution in [0.5, 0.6) is 0 Å². The number of ketones is 1. The lowest BCUT2D eigenvalue weighted by molar-refractivity contribution is -0.144. The zero-order chi connectivity index (χ0) is 19.4. The van der Waals surface area contributed by atoms with Gasteiger partial charge in [-0.2, -0.15) is 0 Å². The van der Waals surface area contributed by atoms with Crippen molar-refractivity contribution in [3.8, 4) is 0 Å². The minimum Gasteiger partial charge on any atom is -0.469 e. The number of aromatic nitrogens is 1. The van der Waals surface area contributed by atoms with Gasteiger partial charge in [-0.05, 0) is 42.7 Å². The van der Waals surface area contributed by atoms with Crippen LogP contribution >= 0.6 is 21.6 Å². The number of rotatable bonds is 3. The molecule has 0 bridgehead atoms. The van der Waals surface area contributed by atoms with Gasteiger partial charge in [0.05, 0.1) is 24.0 Å². The molecule has 5 nitrogen and oxygen atoms in total. The number of hydrogen-bond donors (Lipinski definition) is 1. The quantitative estimate of drug-likeness (QED) is 0.471. The molecule has 28 heavy (non-hydrogen) atoms. The van der Waals surface area contributed by atoms with E-state index in [0.29, 0.717) is 6.54 Å². The highest BCUT2D eigenvalue weighted by atomic mass is 33.1. The van der Waals surface area contributed by atoms with E-state index >= 15 is 0 Å². The Morgan fingerprint density at radius 1 is 1.32 bits per heavy atom. The molecule has 0 saturated carbocycles. The number of ether oxygens (including phenoxy) is 1. The predicted molar refractivity (Wildman–Crippen MR) is 115 cm³/mol. The standard InChI is InChI=1S/C21H22N2O3S2/c1-23-10-11(21(25)26-2)8-13-12-4-3-5-15-18(12)14(9-16(13)23)19(22-15)20(24)17-6-7-27-28-17/h3-5,8,11,16-17,22H,6-7,9-10H2,1-2H3/t11-,16-,17?/m1/s1. The number of carbonyl (C=O) groups excluding carboxylic acids is 2. The van der Waals surface area contributed by atoms with Crippen LogP contribution < -0.4 is 0 Å². The number of aromatic amines is 1. The fourth-order valence-corrected chi connectivity index (χ4v) is 7.50. The number of benzene rings is 1. The van der Waals surface area contributed by atoms with E-state index in [2.05, 4.69) is 29.1 Å². The van der Waals surface area contributed by atoms with Crippen molar-refractivity contribution in [1.82, 2.24) is 9.88 Å². The largest absolute Gasteiger partial charge is 0.469 e. The van der Waals surface area contributed by atoms with E-state index in [9.17, 15) is 9.59 Å². The highest BCUT2D eigenvalue weighted by molar-refractivity contribution is 8.77. The lowest BCUT2D eigenvalue weighted by Gasteiger charge is -2.39. The molecule has 146 valence electrons. The van der Waals surface area contributed by atoms with Crippen LogP contribution in [-0.2, 0) is 16.0 Å². The Bertz CT molecular complexity index is 1010. The Balaban J connectivity index is 1.65. The highest BCUT2D eigenvalue weighted by Crippen LogP contribution is 2.44. The molecular formula is C21H22N2O3S2. The van der Waals surface area contributed by atoms with E-state index in [1.165, 1.54) is 12.7 Å². The number of methoxy groups -OCH3 is 1. The molecule has 1 aromatic carbocycles. The molecule has 3 heterocycles. The number of Topliss-reactive ketones (excluding diaryl/α,β-unsaturated/α-hetero) is 1. The summed E-state index contributed by atoms with van der Waals surface area (Å²) in [5, 5.41) is 1.19. The molecule has 0 radical (unpaired) electrons. The fourth-order valence-electron chi connectivity index (χ4n) is 4.72. The molecule has 1 unspecified atom stereocenters. The van der Waals surface area contributed by atoms with Crippen molar-refractivity contribution in [3.05, 3.63) is 41.1 Å². The van der Waals surface area contributed by atoms with Crippen molar-refractivity contribution >= 4 is 49.8 Å². The molecule has 0 spiro atoms. The van der Waals surface area contributed by atoms with E-state index in [1.807, 2.05) is 12.1 Å². The summed E-state index contributed by atoms with van der Waals surface area (Å²) in [5.41, 5.74) is 5.23. The van der Waals surface area contributed by atoms with E-state index < -0.39 is 0 Å². The maximum absolute atomic E-state index is 13.2. The average Bonchev–Trinajstić information content (AvgIpc) is 3.37. The molecule has 7 heteroatoms. The van der Waals surface area contributed by atoms with Crippen LogP contribution in [0.1, 0.15) is 28.0 Å². The molecule has 1 aromatic heterocycles. The molecule has 2 aliphatic heterocycles. The summed E-state index contributed by atoms with van der Waals surface area (Å²) < 4.78 is 4.99. The predicted octanol–water partition coefficient (Wildman–Crippen LogP) is 3.55. The normalized spacial score (nSPS) is 26.8. The second-order valence-corrected chi connectivity index (χ2v) is 10.4. The molecule has 0 amide bonds. The zero-order valence-corrected chi connectivity index (χ0v) is 17.5. The average molecular weight is 415 g/mol. The molecule has 1 fully saturated rings. The Morgan fingerprint density at radius 3 is 2.93 bits per heavy atom. The van der Waals surface area contributed by atoms with E-state index in [4.69, 9.17) is 4.74 Å². The number of nitrogens with zero attached hydrogens (tertiary/aromatic N) is 1. The minimum atomic E-state index is -0.259. The van der Waals surface area contributed by atoms with E-state index in [-0.39, 0.29) is 29.0 Å². The van der Waals surface area contributed by atoms with Gasteiger partial charge in [-0.15, -0.1) is 0 Å². The summed E-state index contributed by atoms with van der Waals surface area (Å²) >= 11 is 0. The van der Waals surface area contributed by atoms with Gasteiger partial charge in [-0.25, -0.2) is 0 Å². The summed E-state index contributed by atoms with van der Waals surface area (Å²) in [4.78, 5) is 31.0. The first kappa shape index (κ1) is 18.3. The second kappa shape index (κ2) is 6.97. The third-order valence-electron chi connectivity index (χ3n) is 6.08. The lowest BCUT2D eigenvalue weighted by Crippen LogP contribution is -2.44.